The van der Waals surface area contributed by atoms with Crippen LogP contribution >= 0.6 is 0 Å². The van der Waals surface area contributed by atoms with Crippen molar-refractivity contribution >= 4 is 10.0 Å². The Labute approximate surface area is 171 Å². The van der Waals surface area contributed by atoms with E-state index >= 15 is 0 Å². The summed E-state index contributed by atoms with van der Waals surface area (Å²) in [7, 11) is -3.76. The molecule has 0 amide bonds. The number of fused-ring (bicyclic) bond motifs is 1. The van der Waals surface area contributed by atoms with Crippen LogP contribution in [0.3, 0.4) is 0 Å². The summed E-state index contributed by atoms with van der Waals surface area (Å²) < 4.78 is 60.7. The van der Waals surface area contributed by atoms with Gasteiger partial charge in [0.1, 0.15) is 0 Å². The molecule has 1 saturated carbocycles. The molecule has 0 saturated heterocycles. The van der Waals surface area contributed by atoms with Crippen molar-refractivity contribution in [1.82, 2.24) is 24.3 Å². The molecular formula is C19H19F2N5O3S. The van der Waals surface area contributed by atoms with Crippen LogP contribution in [0, 0.1) is 0 Å². The Bertz CT molecular complexity index is 1160. The maximum Gasteiger partial charge on any atom is 0.314 e. The van der Waals surface area contributed by atoms with Crippen LogP contribution in [0.1, 0.15) is 49.6 Å². The van der Waals surface area contributed by atoms with E-state index in [0.29, 0.717) is 11.1 Å². The molecule has 158 valence electrons. The van der Waals surface area contributed by atoms with Gasteiger partial charge in [-0.15, -0.1) is 10.2 Å². The summed E-state index contributed by atoms with van der Waals surface area (Å²) in [5.41, 5.74) is 0.961. The lowest BCUT2D eigenvalue weighted by molar-refractivity contribution is 0.116. The number of hydrogen-bond donors (Lipinski definition) is 0. The highest BCUT2D eigenvalue weighted by Gasteiger charge is 2.43. The standard InChI is InChI=1S/C19H19F2N5O3S/c20-17(21)19-24-23-18(29-19)12-6-7-13-11-26(30(27,28)16(13)10-12)15-5-2-1-4-14(15)25-9-3-8-22-25/h3,6-10,14-15,17H,1-2,4-5,11H2/t14-,15-/m1/s1. The van der Waals surface area contributed by atoms with Gasteiger partial charge in [0.05, 0.1) is 10.9 Å². The van der Waals surface area contributed by atoms with E-state index in [4.69, 9.17) is 4.42 Å². The Morgan fingerprint density at radius 3 is 2.63 bits per heavy atom. The summed E-state index contributed by atoms with van der Waals surface area (Å²) >= 11 is 0. The summed E-state index contributed by atoms with van der Waals surface area (Å²) in [6, 6.07) is 6.34. The normalized spacial score (nSPS) is 23.7. The number of nitrogens with zero attached hydrogens (tertiary/aromatic N) is 5. The van der Waals surface area contributed by atoms with E-state index < -0.39 is 22.3 Å². The summed E-state index contributed by atoms with van der Waals surface area (Å²) in [5.74, 6) is -0.923. The molecule has 3 aromatic rings. The van der Waals surface area contributed by atoms with Crippen LogP contribution in [0.2, 0.25) is 0 Å². The first-order chi connectivity index (χ1) is 14.4. The van der Waals surface area contributed by atoms with Crippen molar-refractivity contribution in [3.8, 4) is 11.5 Å². The third-order valence-electron chi connectivity index (χ3n) is 5.78. The van der Waals surface area contributed by atoms with Crippen molar-refractivity contribution in [2.45, 2.75) is 55.6 Å². The fourth-order valence-corrected chi connectivity index (χ4v) is 6.29. The molecule has 3 heterocycles. The van der Waals surface area contributed by atoms with Gasteiger partial charge in [-0.3, -0.25) is 4.68 Å². The number of benzene rings is 1. The smallest absolute Gasteiger partial charge is 0.314 e. The predicted molar refractivity (Wildman–Crippen MR) is 101 cm³/mol. The highest BCUT2D eigenvalue weighted by atomic mass is 32.2. The summed E-state index contributed by atoms with van der Waals surface area (Å²) in [4.78, 5) is 0.154. The summed E-state index contributed by atoms with van der Waals surface area (Å²) in [6.07, 6.45) is 4.27. The molecule has 2 atom stereocenters. The van der Waals surface area contributed by atoms with Gasteiger partial charge in [-0.05, 0) is 36.6 Å². The van der Waals surface area contributed by atoms with Crippen molar-refractivity contribution in [3.63, 3.8) is 0 Å². The fraction of sp³-hybridized carbons (Fsp3) is 0.421. The lowest BCUT2D eigenvalue weighted by Gasteiger charge is -2.36. The van der Waals surface area contributed by atoms with E-state index in [1.807, 2.05) is 16.9 Å². The molecule has 11 heteroatoms. The minimum atomic E-state index is -3.76. The fourth-order valence-electron chi connectivity index (χ4n) is 4.39. The molecule has 2 aromatic heterocycles. The van der Waals surface area contributed by atoms with Crippen LogP contribution in [-0.4, -0.2) is 38.7 Å². The molecule has 0 unspecified atom stereocenters. The van der Waals surface area contributed by atoms with Crippen LogP contribution in [0.25, 0.3) is 11.5 Å². The minimum Gasteiger partial charge on any atom is -0.415 e. The number of rotatable bonds is 4. The largest absolute Gasteiger partial charge is 0.415 e. The molecule has 2 aliphatic rings. The van der Waals surface area contributed by atoms with Crippen molar-refractivity contribution < 1.29 is 21.6 Å². The average Bonchev–Trinajstić information content (AvgIpc) is 3.48. The van der Waals surface area contributed by atoms with Gasteiger partial charge < -0.3 is 4.42 Å². The third kappa shape index (κ3) is 3.12. The van der Waals surface area contributed by atoms with E-state index in [1.165, 1.54) is 6.07 Å². The van der Waals surface area contributed by atoms with Crippen LogP contribution in [-0.2, 0) is 16.6 Å². The molecule has 5 rings (SSSR count). The highest BCUT2D eigenvalue weighted by molar-refractivity contribution is 7.89. The summed E-state index contributed by atoms with van der Waals surface area (Å²) in [5, 5.41) is 11.3. The number of alkyl halides is 2. The van der Waals surface area contributed by atoms with Crippen LogP contribution in [0.5, 0.6) is 0 Å². The van der Waals surface area contributed by atoms with Gasteiger partial charge >= 0.3 is 6.43 Å². The number of aromatic nitrogens is 4. The molecule has 0 N–H and O–H groups in total. The first-order valence-corrected chi connectivity index (χ1v) is 11.1. The van der Waals surface area contributed by atoms with E-state index in [0.717, 1.165) is 25.7 Å². The second-order valence-corrected chi connectivity index (χ2v) is 9.38. The van der Waals surface area contributed by atoms with Crippen molar-refractivity contribution in [3.05, 3.63) is 48.1 Å². The van der Waals surface area contributed by atoms with Crippen molar-refractivity contribution in [2.75, 3.05) is 0 Å². The second-order valence-electron chi connectivity index (χ2n) is 7.52. The van der Waals surface area contributed by atoms with Gasteiger partial charge in [-0.25, -0.2) is 8.42 Å². The van der Waals surface area contributed by atoms with Crippen LogP contribution in [0.15, 0.2) is 46.0 Å². The Morgan fingerprint density at radius 1 is 1.13 bits per heavy atom. The first kappa shape index (κ1) is 19.3. The van der Waals surface area contributed by atoms with E-state index in [9.17, 15) is 17.2 Å². The zero-order valence-electron chi connectivity index (χ0n) is 15.9. The zero-order valence-corrected chi connectivity index (χ0v) is 16.7. The molecule has 1 aliphatic heterocycles. The van der Waals surface area contributed by atoms with Gasteiger partial charge in [-0.2, -0.15) is 18.2 Å². The van der Waals surface area contributed by atoms with E-state index in [2.05, 4.69) is 15.3 Å². The van der Waals surface area contributed by atoms with Gasteiger partial charge in [0.2, 0.25) is 15.9 Å². The van der Waals surface area contributed by atoms with Gasteiger partial charge in [-0.1, -0.05) is 18.9 Å². The van der Waals surface area contributed by atoms with Crippen LogP contribution in [0.4, 0.5) is 8.78 Å². The monoisotopic (exact) mass is 435 g/mol. The number of hydrogen-bond acceptors (Lipinski definition) is 6. The number of halogens is 2. The van der Waals surface area contributed by atoms with Crippen LogP contribution < -0.4 is 0 Å². The molecule has 0 radical (unpaired) electrons. The zero-order chi connectivity index (χ0) is 20.9. The van der Waals surface area contributed by atoms with Crippen molar-refractivity contribution in [2.24, 2.45) is 0 Å². The quantitative estimate of drug-likeness (QED) is 0.622. The second kappa shape index (κ2) is 7.24. The number of sulfonamides is 1. The Morgan fingerprint density at radius 2 is 1.93 bits per heavy atom. The van der Waals surface area contributed by atoms with E-state index in [1.54, 1.807) is 22.6 Å². The molecule has 1 aliphatic carbocycles. The molecule has 8 nitrogen and oxygen atoms in total. The average molecular weight is 435 g/mol. The highest BCUT2D eigenvalue weighted by Crippen LogP contribution is 2.41. The third-order valence-corrected chi connectivity index (χ3v) is 7.74. The van der Waals surface area contributed by atoms with E-state index in [-0.39, 0.29) is 29.4 Å². The molecule has 1 aromatic carbocycles. The molecule has 0 spiro atoms. The molecule has 1 fully saturated rings. The SMILES string of the molecule is O=S1(=O)c2cc(-c3nnc(C(F)F)o3)ccc2CN1[C@@H]1CCCC[C@H]1n1cccn1. The maximum absolute atomic E-state index is 13.4. The molecular weight excluding hydrogens is 416 g/mol. The minimum absolute atomic E-state index is 0.0261. The Hall–Kier alpha value is -2.66. The van der Waals surface area contributed by atoms with Crippen molar-refractivity contribution in [1.29, 1.82) is 0 Å². The molecule has 0 bridgehead atoms. The molecule has 30 heavy (non-hydrogen) atoms. The first-order valence-electron chi connectivity index (χ1n) is 9.71. The lowest BCUT2D eigenvalue weighted by atomic mass is 9.90. The Balaban J connectivity index is 1.49. The predicted octanol–water partition coefficient (Wildman–Crippen LogP) is 3.56. The Kier molecular flexibility index (Phi) is 4.66. The van der Waals surface area contributed by atoms with Gasteiger partial charge in [0, 0.05) is 30.5 Å². The maximum atomic E-state index is 13.4. The lowest BCUT2D eigenvalue weighted by Crippen LogP contribution is -2.43. The topological polar surface area (TPSA) is 94.1 Å². The summed E-state index contributed by atoms with van der Waals surface area (Å²) in [6.45, 7) is 0.270. The van der Waals surface area contributed by atoms with Gasteiger partial charge in [0.15, 0.2) is 0 Å². The van der Waals surface area contributed by atoms with Gasteiger partial charge in [0.25, 0.3) is 5.89 Å².